The zero-order valence-electron chi connectivity index (χ0n) is 25.6. The Morgan fingerprint density at radius 1 is 0.889 bits per heavy atom. The highest BCUT2D eigenvalue weighted by Crippen LogP contribution is 2.29. The standard InChI is InChI=1S/C35H38BrN3O5S/c1-4-5-22-37-35(41)27(3)38(24-28-10-9-11-29(36)23-28)34(40)25-39(45(42,43)33-20-14-26(2)15-21-33)30-16-18-32(19-17-30)44-31-12-7-6-8-13-31/h6-21,23,27H,4-5,22,24-25H2,1-3H3,(H,37,41)/t27-/m1/s1. The van der Waals surface area contributed by atoms with Crippen LogP contribution < -0.4 is 14.4 Å². The van der Waals surface area contributed by atoms with E-state index in [0.29, 0.717) is 18.0 Å². The lowest BCUT2D eigenvalue weighted by atomic mass is 10.1. The number of unbranched alkanes of at least 4 members (excludes halogenated alkanes) is 1. The van der Waals surface area contributed by atoms with Gasteiger partial charge in [0.05, 0.1) is 10.6 Å². The van der Waals surface area contributed by atoms with E-state index in [1.165, 1.54) is 17.0 Å². The molecule has 4 aromatic rings. The molecule has 1 atom stereocenters. The highest BCUT2D eigenvalue weighted by atomic mass is 79.9. The van der Waals surface area contributed by atoms with E-state index in [9.17, 15) is 18.0 Å². The van der Waals surface area contributed by atoms with Gasteiger partial charge in [0, 0.05) is 17.6 Å². The Morgan fingerprint density at radius 2 is 1.56 bits per heavy atom. The molecule has 236 valence electrons. The normalized spacial score (nSPS) is 11.8. The molecule has 0 radical (unpaired) electrons. The van der Waals surface area contributed by atoms with Crippen molar-refractivity contribution >= 4 is 43.5 Å². The fraction of sp³-hybridized carbons (Fsp3) is 0.257. The van der Waals surface area contributed by atoms with Gasteiger partial charge in [0.25, 0.3) is 10.0 Å². The van der Waals surface area contributed by atoms with Crippen molar-refractivity contribution in [3.05, 3.63) is 119 Å². The number of halogens is 1. The van der Waals surface area contributed by atoms with Crippen LogP contribution >= 0.6 is 15.9 Å². The quantitative estimate of drug-likeness (QED) is 0.143. The first-order chi connectivity index (χ1) is 21.6. The van der Waals surface area contributed by atoms with Crippen molar-refractivity contribution in [3.63, 3.8) is 0 Å². The van der Waals surface area contributed by atoms with Crippen LogP contribution in [0.1, 0.15) is 37.8 Å². The number of rotatable bonds is 14. The lowest BCUT2D eigenvalue weighted by molar-refractivity contribution is -0.139. The molecular weight excluding hydrogens is 654 g/mol. The molecule has 0 saturated heterocycles. The molecule has 45 heavy (non-hydrogen) atoms. The minimum atomic E-state index is -4.18. The summed E-state index contributed by atoms with van der Waals surface area (Å²) in [5.41, 5.74) is 1.98. The number of nitrogens with one attached hydrogen (secondary N) is 1. The monoisotopic (exact) mass is 691 g/mol. The van der Waals surface area contributed by atoms with E-state index in [-0.39, 0.29) is 23.0 Å². The maximum absolute atomic E-state index is 14.1. The molecule has 0 aromatic heterocycles. The molecule has 0 heterocycles. The van der Waals surface area contributed by atoms with Gasteiger partial charge in [-0.25, -0.2) is 8.42 Å². The summed E-state index contributed by atoms with van der Waals surface area (Å²) in [7, 11) is -4.18. The molecule has 0 bridgehead atoms. The molecule has 4 aromatic carbocycles. The molecule has 0 aliphatic heterocycles. The van der Waals surface area contributed by atoms with E-state index < -0.39 is 28.5 Å². The number of nitrogens with zero attached hydrogens (tertiary/aromatic N) is 2. The third-order valence-electron chi connectivity index (χ3n) is 7.23. The number of hydrogen-bond donors (Lipinski definition) is 1. The van der Waals surface area contributed by atoms with E-state index in [0.717, 1.165) is 32.7 Å². The summed E-state index contributed by atoms with van der Waals surface area (Å²) in [5.74, 6) is 0.326. The number of aryl methyl sites for hydroxylation is 1. The Kier molecular flexibility index (Phi) is 11.8. The molecule has 0 fully saturated rings. The van der Waals surface area contributed by atoms with Crippen molar-refractivity contribution in [2.45, 2.75) is 51.1 Å². The van der Waals surface area contributed by atoms with Gasteiger partial charge in [-0.1, -0.05) is 77.3 Å². The Labute approximate surface area is 274 Å². The molecule has 1 N–H and O–H groups in total. The summed E-state index contributed by atoms with van der Waals surface area (Å²) in [6.45, 7) is 5.65. The summed E-state index contributed by atoms with van der Waals surface area (Å²) in [4.78, 5) is 28.8. The minimum Gasteiger partial charge on any atom is -0.457 e. The van der Waals surface area contributed by atoms with Gasteiger partial charge in [0.2, 0.25) is 11.8 Å². The predicted octanol–water partition coefficient (Wildman–Crippen LogP) is 7.08. The van der Waals surface area contributed by atoms with Gasteiger partial charge in [-0.3, -0.25) is 13.9 Å². The van der Waals surface area contributed by atoms with Gasteiger partial charge in [0.15, 0.2) is 0 Å². The molecule has 8 nitrogen and oxygen atoms in total. The molecule has 0 unspecified atom stereocenters. The highest BCUT2D eigenvalue weighted by molar-refractivity contribution is 9.10. The number of ether oxygens (including phenoxy) is 1. The molecule has 0 aliphatic rings. The highest BCUT2D eigenvalue weighted by Gasteiger charge is 2.32. The Hall–Kier alpha value is -4.15. The van der Waals surface area contributed by atoms with Gasteiger partial charge in [-0.15, -0.1) is 0 Å². The second-order valence-electron chi connectivity index (χ2n) is 10.7. The molecule has 10 heteroatoms. The van der Waals surface area contributed by atoms with Gasteiger partial charge in [-0.2, -0.15) is 0 Å². The SMILES string of the molecule is CCCCNC(=O)[C@@H](C)N(Cc1cccc(Br)c1)C(=O)CN(c1ccc(Oc2ccccc2)cc1)S(=O)(=O)c1ccc(C)cc1. The van der Waals surface area contributed by atoms with E-state index in [1.54, 1.807) is 43.3 Å². The van der Waals surface area contributed by atoms with Crippen molar-refractivity contribution in [3.8, 4) is 11.5 Å². The van der Waals surface area contributed by atoms with Crippen LogP contribution in [0.15, 0.2) is 112 Å². The molecule has 0 saturated carbocycles. The minimum absolute atomic E-state index is 0.0504. The zero-order valence-corrected chi connectivity index (χ0v) is 28.1. The third-order valence-corrected chi connectivity index (χ3v) is 9.51. The van der Waals surface area contributed by atoms with Crippen LogP contribution in [0.3, 0.4) is 0 Å². The van der Waals surface area contributed by atoms with Gasteiger partial charge >= 0.3 is 0 Å². The number of benzene rings is 4. The molecule has 0 aliphatic carbocycles. The molecular formula is C35H38BrN3O5S. The van der Waals surface area contributed by atoms with Crippen molar-refractivity contribution < 1.29 is 22.7 Å². The zero-order chi connectivity index (χ0) is 32.4. The van der Waals surface area contributed by atoms with Crippen LogP contribution in [0.25, 0.3) is 0 Å². The van der Waals surface area contributed by atoms with Gasteiger partial charge in [-0.05, 0) is 86.5 Å². The van der Waals surface area contributed by atoms with Crippen LogP contribution in [-0.2, 0) is 26.2 Å². The maximum Gasteiger partial charge on any atom is 0.264 e. The van der Waals surface area contributed by atoms with Gasteiger partial charge in [0.1, 0.15) is 24.1 Å². The number of carbonyl (C=O) groups excluding carboxylic acids is 2. The van der Waals surface area contributed by atoms with Crippen LogP contribution in [0.5, 0.6) is 11.5 Å². The average Bonchev–Trinajstić information content (AvgIpc) is 3.03. The first-order valence-corrected chi connectivity index (χ1v) is 17.1. The summed E-state index contributed by atoms with van der Waals surface area (Å²) >= 11 is 3.47. The van der Waals surface area contributed by atoms with Crippen LogP contribution in [0.2, 0.25) is 0 Å². The maximum atomic E-state index is 14.1. The third kappa shape index (κ3) is 9.18. The Bertz CT molecular complexity index is 1680. The largest absolute Gasteiger partial charge is 0.457 e. The van der Waals surface area contributed by atoms with Crippen molar-refractivity contribution in [2.24, 2.45) is 0 Å². The van der Waals surface area contributed by atoms with E-state index >= 15 is 0 Å². The second kappa shape index (κ2) is 15.7. The first-order valence-electron chi connectivity index (χ1n) is 14.8. The first kappa shape index (κ1) is 33.7. The summed E-state index contributed by atoms with van der Waals surface area (Å²) in [6, 6.07) is 28.9. The summed E-state index contributed by atoms with van der Waals surface area (Å²) in [5, 5.41) is 2.90. The smallest absolute Gasteiger partial charge is 0.264 e. The van der Waals surface area contributed by atoms with Crippen molar-refractivity contribution in [2.75, 3.05) is 17.4 Å². The molecule has 2 amide bonds. The number of sulfonamides is 1. The summed E-state index contributed by atoms with van der Waals surface area (Å²) in [6.07, 6.45) is 1.72. The second-order valence-corrected chi connectivity index (χ2v) is 13.5. The van der Waals surface area contributed by atoms with Crippen molar-refractivity contribution in [1.82, 2.24) is 10.2 Å². The number of hydrogen-bond acceptors (Lipinski definition) is 5. The molecule has 0 spiro atoms. The predicted molar refractivity (Wildman–Crippen MR) is 181 cm³/mol. The topological polar surface area (TPSA) is 96.0 Å². The number of amides is 2. The lowest BCUT2D eigenvalue weighted by Gasteiger charge is -2.32. The van der Waals surface area contributed by atoms with Crippen molar-refractivity contribution in [1.29, 1.82) is 0 Å². The van der Waals surface area contributed by atoms with E-state index in [1.807, 2.05) is 68.4 Å². The number of anilines is 1. The average molecular weight is 693 g/mol. The number of carbonyl (C=O) groups is 2. The molecule has 4 rings (SSSR count). The van der Waals surface area contributed by atoms with Crippen LogP contribution in [-0.4, -0.2) is 44.3 Å². The lowest BCUT2D eigenvalue weighted by Crippen LogP contribution is -2.51. The van der Waals surface area contributed by atoms with E-state index in [4.69, 9.17) is 4.74 Å². The van der Waals surface area contributed by atoms with Gasteiger partial charge < -0.3 is 15.0 Å². The van der Waals surface area contributed by atoms with E-state index in [2.05, 4.69) is 21.2 Å². The van der Waals surface area contributed by atoms with Crippen LogP contribution in [0.4, 0.5) is 5.69 Å². The number of para-hydroxylation sites is 1. The fourth-order valence-corrected chi connectivity index (χ4v) is 6.48. The fourth-order valence-electron chi connectivity index (χ4n) is 4.62. The Morgan fingerprint density at radius 3 is 2.20 bits per heavy atom. The van der Waals surface area contributed by atoms with Crippen LogP contribution in [0, 0.1) is 6.92 Å². The summed E-state index contributed by atoms with van der Waals surface area (Å²) < 4.78 is 36.0. The Balaban J connectivity index is 1.69.